The molecular weight excluding hydrogens is 262 g/mol. The Morgan fingerprint density at radius 2 is 2.29 bits per heavy atom. The van der Waals surface area contributed by atoms with E-state index in [4.69, 9.17) is 9.84 Å². The molecule has 1 unspecified atom stereocenters. The highest BCUT2D eigenvalue weighted by molar-refractivity contribution is 7.89. The van der Waals surface area contributed by atoms with E-state index in [9.17, 15) is 8.42 Å². The summed E-state index contributed by atoms with van der Waals surface area (Å²) in [7, 11) is -3.55. The van der Waals surface area contributed by atoms with Crippen LogP contribution >= 0.6 is 11.3 Å². The summed E-state index contributed by atoms with van der Waals surface area (Å²) in [5.74, 6) is 0. The van der Waals surface area contributed by atoms with Crippen molar-refractivity contribution in [1.82, 2.24) is 4.72 Å². The average molecular weight is 279 g/mol. The van der Waals surface area contributed by atoms with E-state index in [2.05, 4.69) is 4.72 Å². The van der Waals surface area contributed by atoms with Crippen molar-refractivity contribution >= 4 is 21.4 Å². The summed E-state index contributed by atoms with van der Waals surface area (Å²) in [5.41, 5.74) is 0. The van der Waals surface area contributed by atoms with Gasteiger partial charge in [-0.05, 0) is 25.3 Å². The maximum absolute atomic E-state index is 11.9. The predicted octanol–water partition coefficient (Wildman–Crippen LogP) is 0.944. The Morgan fingerprint density at radius 1 is 1.59 bits per heavy atom. The lowest BCUT2D eigenvalue weighted by molar-refractivity contribution is 0.0799. The van der Waals surface area contributed by atoms with Crippen molar-refractivity contribution in [2.45, 2.75) is 31.5 Å². The van der Waals surface area contributed by atoms with Gasteiger partial charge in [-0.2, -0.15) is 0 Å². The summed E-state index contributed by atoms with van der Waals surface area (Å²) in [6.45, 7) is 4.15. The van der Waals surface area contributed by atoms with Gasteiger partial charge in [0.25, 0.3) is 0 Å². The topological polar surface area (TPSA) is 75.6 Å². The molecule has 1 rings (SSSR count). The zero-order valence-electron chi connectivity index (χ0n) is 9.84. The van der Waals surface area contributed by atoms with Gasteiger partial charge in [0, 0.05) is 18.0 Å². The van der Waals surface area contributed by atoms with Gasteiger partial charge >= 0.3 is 0 Å². The van der Waals surface area contributed by atoms with Gasteiger partial charge < -0.3 is 9.84 Å². The van der Waals surface area contributed by atoms with Crippen molar-refractivity contribution in [3.63, 3.8) is 0 Å². The minimum absolute atomic E-state index is 0.147. The monoisotopic (exact) mass is 279 g/mol. The van der Waals surface area contributed by atoms with Crippen molar-refractivity contribution < 1.29 is 18.3 Å². The van der Waals surface area contributed by atoms with E-state index in [-0.39, 0.29) is 24.2 Å². The maximum Gasteiger partial charge on any atom is 0.241 e. The van der Waals surface area contributed by atoms with Gasteiger partial charge in [0.2, 0.25) is 10.0 Å². The molecule has 0 saturated carbocycles. The second kappa shape index (κ2) is 6.46. The van der Waals surface area contributed by atoms with Crippen molar-refractivity contribution in [2.75, 3.05) is 13.2 Å². The Morgan fingerprint density at radius 3 is 2.88 bits per heavy atom. The van der Waals surface area contributed by atoms with Crippen LogP contribution in [-0.2, 0) is 21.4 Å². The third kappa shape index (κ3) is 4.04. The highest BCUT2D eigenvalue weighted by Gasteiger charge is 2.19. The molecule has 0 radical (unpaired) electrons. The number of sulfonamides is 1. The van der Waals surface area contributed by atoms with Crippen LogP contribution in [-0.4, -0.2) is 32.8 Å². The minimum atomic E-state index is -3.55. The van der Waals surface area contributed by atoms with E-state index in [0.29, 0.717) is 11.5 Å². The molecule has 1 atom stereocenters. The first-order chi connectivity index (χ1) is 8.01. The van der Waals surface area contributed by atoms with Crippen LogP contribution in [0.5, 0.6) is 0 Å². The second-order valence-electron chi connectivity index (χ2n) is 3.48. The molecule has 98 valence electrons. The predicted molar refractivity (Wildman–Crippen MR) is 66.5 cm³/mol. The maximum atomic E-state index is 11.9. The molecule has 0 saturated heterocycles. The standard InChI is InChI=1S/C10H17NO4S2/c1-3-15-8(2)6-11-17(13,14)10-4-5-16-9(10)7-12/h4-5,8,11-12H,3,6-7H2,1-2H3. The van der Waals surface area contributed by atoms with Gasteiger partial charge in [0.15, 0.2) is 0 Å². The Balaban J connectivity index is 2.69. The fourth-order valence-electron chi connectivity index (χ4n) is 1.33. The highest BCUT2D eigenvalue weighted by Crippen LogP contribution is 2.21. The van der Waals surface area contributed by atoms with Crippen molar-refractivity contribution in [2.24, 2.45) is 0 Å². The average Bonchev–Trinajstić information content (AvgIpc) is 2.76. The van der Waals surface area contributed by atoms with Crippen molar-refractivity contribution in [3.8, 4) is 0 Å². The number of nitrogens with one attached hydrogen (secondary N) is 1. The molecule has 0 spiro atoms. The Bertz CT molecular complexity index is 441. The highest BCUT2D eigenvalue weighted by atomic mass is 32.2. The van der Waals surface area contributed by atoms with E-state index >= 15 is 0 Å². The molecule has 1 aromatic rings. The third-order valence-corrected chi connectivity index (χ3v) is 4.69. The zero-order chi connectivity index (χ0) is 12.9. The summed E-state index contributed by atoms with van der Waals surface area (Å²) in [5, 5.41) is 10.7. The number of thiophene rings is 1. The Labute approximate surface area is 105 Å². The molecule has 17 heavy (non-hydrogen) atoms. The van der Waals surface area contributed by atoms with Crippen LogP contribution in [0.4, 0.5) is 0 Å². The van der Waals surface area contributed by atoms with E-state index in [1.807, 2.05) is 6.92 Å². The van der Waals surface area contributed by atoms with Crippen LogP contribution in [0.3, 0.4) is 0 Å². The molecule has 0 bridgehead atoms. The van der Waals surface area contributed by atoms with Crippen LogP contribution < -0.4 is 4.72 Å². The first kappa shape index (κ1) is 14.6. The lowest BCUT2D eigenvalue weighted by atomic mass is 10.4. The summed E-state index contributed by atoms with van der Waals surface area (Å²) >= 11 is 1.22. The molecule has 0 aliphatic heterocycles. The van der Waals surface area contributed by atoms with Crippen LogP contribution in [0.15, 0.2) is 16.3 Å². The number of ether oxygens (including phenoxy) is 1. The van der Waals surface area contributed by atoms with E-state index < -0.39 is 10.0 Å². The van der Waals surface area contributed by atoms with E-state index in [1.165, 1.54) is 17.4 Å². The summed E-state index contributed by atoms with van der Waals surface area (Å²) in [6.07, 6.45) is -0.175. The number of hydrogen-bond acceptors (Lipinski definition) is 5. The van der Waals surface area contributed by atoms with Gasteiger partial charge in [0.1, 0.15) is 0 Å². The second-order valence-corrected chi connectivity index (χ2v) is 6.22. The van der Waals surface area contributed by atoms with Crippen LogP contribution in [0.25, 0.3) is 0 Å². The zero-order valence-corrected chi connectivity index (χ0v) is 11.5. The minimum Gasteiger partial charge on any atom is -0.391 e. The van der Waals surface area contributed by atoms with Crippen LogP contribution in [0.1, 0.15) is 18.7 Å². The van der Waals surface area contributed by atoms with Crippen LogP contribution in [0, 0.1) is 0 Å². The largest absolute Gasteiger partial charge is 0.391 e. The molecule has 1 aromatic heterocycles. The summed E-state index contributed by atoms with van der Waals surface area (Å²) in [6, 6.07) is 1.49. The fourth-order valence-corrected chi connectivity index (χ4v) is 3.74. The molecular formula is C10H17NO4S2. The summed E-state index contributed by atoms with van der Waals surface area (Å²) < 4.78 is 31.5. The van der Waals surface area contributed by atoms with Gasteiger partial charge in [-0.15, -0.1) is 11.3 Å². The Kier molecular flexibility index (Phi) is 5.54. The first-order valence-corrected chi connectivity index (χ1v) is 7.66. The third-order valence-electron chi connectivity index (χ3n) is 2.15. The van der Waals surface area contributed by atoms with Gasteiger partial charge in [0.05, 0.1) is 17.6 Å². The number of aliphatic hydroxyl groups is 1. The number of hydrogen-bond donors (Lipinski definition) is 2. The molecule has 0 fully saturated rings. The number of rotatable bonds is 7. The molecule has 0 amide bonds. The van der Waals surface area contributed by atoms with Crippen LogP contribution in [0.2, 0.25) is 0 Å². The SMILES string of the molecule is CCOC(C)CNS(=O)(=O)c1ccsc1CO. The normalized spacial score (nSPS) is 13.8. The molecule has 0 aromatic carbocycles. The van der Waals surface area contributed by atoms with E-state index in [0.717, 1.165) is 0 Å². The summed E-state index contributed by atoms with van der Waals surface area (Å²) in [4.78, 5) is 0.593. The van der Waals surface area contributed by atoms with Gasteiger partial charge in [-0.1, -0.05) is 0 Å². The lowest BCUT2D eigenvalue weighted by Crippen LogP contribution is -2.32. The lowest BCUT2D eigenvalue weighted by Gasteiger charge is -2.12. The smallest absolute Gasteiger partial charge is 0.241 e. The van der Waals surface area contributed by atoms with Gasteiger partial charge in [-0.25, -0.2) is 13.1 Å². The molecule has 2 N–H and O–H groups in total. The van der Waals surface area contributed by atoms with Crippen molar-refractivity contribution in [3.05, 3.63) is 16.3 Å². The Hall–Kier alpha value is -0.470. The molecule has 7 heteroatoms. The van der Waals surface area contributed by atoms with Gasteiger partial charge in [-0.3, -0.25) is 0 Å². The quantitative estimate of drug-likeness (QED) is 0.779. The fraction of sp³-hybridized carbons (Fsp3) is 0.600. The molecule has 5 nitrogen and oxygen atoms in total. The first-order valence-electron chi connectivity index (χ1n) is 5.29. The van der Waals surface area contributed by atoms with Crippen molar-refractivity contribution in [1.29, 1.82) is 0 Å². The molecule has 1 heterocycles. The molecule has 0 aliphatic carbocycles. The number of aliphatic hydroxyl groups excluding tert-OH is 1. The molecule has 0 aliphatic rings. The van der Waals surface area contributed by atoms with E-state index in [1.54, 1.807) is 12.3 Å².